The highest BCUT2D eigenvalue weighted by molar-refractivity contribution is 7.12. The number of fused-ring (bicyclic) bond motifs is 1. The number of hydrogen-bond donors (Lipinski definition) is 1. The molecule has 1 N–H and O–H groups in total. The predicted molar refractivity (Wildman–Crippen MR) is 120 cm³/mol. The van der Waals surface area contributed by atoms with E-state index in [4.69, 9.17) is 4.98 Å². The summed E-state index contributed by atoms with van der Waals surface area (Å²) in [5.41, 5.74) is 2.48. The quantitative estimate of drug-likeness (QED) is 0.509. The first-order valence-electron chi connectivity index (χ1n) is 9.65. The van der Waals surface area contributed by atoms with Gasteiger partial charge in [-0.1, -0.05) is 36.4 Å². The van der Waals surface area contributed by atoms with Crippen molar-refractivity contribution in [3.8, 4) is 0 Å². The number of thiophene rings is 1. The van der Waals surface area contributed by atoms with E-state index >= 15 is 0 Å². The number of carbonyl (C=O) groups is 2. The van der Waals surface area contributed by atoms with Crippen molar-refractivity contribution in [3.63, 3.8) is 0 Å². The Balaban J connectivity index is 1.63. The Kier molecular flexibility index (Phi) is 5.63. The molecule has 0 aliphatic carbocycles. The van der Waals surface area contributed by atoms with Crippen molar-refractivity contribution in [3.05, 3.63) is 82.8 Å². The molecule has 0 radical (unpaired) electrons. The molecule has 4 rings (SSSR count). The van der Waals surface area contributed by atoms with Crippen LogP contribution in [0.2, 0.25) is 0 Å². The molecule has 0 aliphatic rings. The van der Waals surface area contributed by atoms with Gasteiger partial charge in [0.25, 0.3) is 5.91 Å². The predicted octanol–water partition coefficient (Wildman–Crippen LogP) is 4.25. The average Bonchev–Trinajstić information content (AvgIpc) is 3.43. The number of carbonyl (C=O) groups excluding carboxylic acids is 2. The number of amides is 2. The van der Waals surface area contributed by atoms with Gasteiger partial charge in [-0.15, -0.1) is 11.3 Å². The summed E-state index contributed by atoms with van der Waals surface area (Å²) in [5.74, 6) is 0.433. The number of likely N-dealkylation sites (N-methyl/N-ethyl adjacent to an activating group) is 1. The van der Waals surface area contributed by atoms with Gasteiger partial charge in [0.2, 0.25) is 5.91 Å². The van der Waals surface area contributed by atoms with Crippen LogP contribution >= 0.6 is 11.3 Å². The second kappa shape index (κ2) is 8.51. The second-order valence-electron chi connectivity index (χ2n) is 7.01. The minimum absolute atomic E-state index is 0.0672. The summed E-state index contributed by atoms with van der Waals surface area (Å²) >= 11 is 1.39. The van der Waals surface area contributed by atoms with Gasteiger partial charge in [0, 0.05) is 12.7 Å². The van der Waals surface area contributed by atoms with Crippen molar-refractivity contribution < 1.29 is 9.59 Å². The summed E-state index contributed by atoms with van der Waals surface area (Å²) in [6, 6.07) is 20.5. The maximum absolute atomic E-state index is 13.0. The summed E-state index contributed by atoms with van der Waals surface area (Å²) < 4.78 is 1.89. The average molecular weight is 419 g/mol. The summed E-state index contributed by atoms with van der Waals surface area (Å²) in [7, 11) is 1.76. The van der Waals surface area contributed by atoms with E-state index < -0.39 is 0 Å². The van der Waals surface area contributed by atoms with Crippen LogP contribution in [-0.2, 0) is 11.3 Å². The van der Waals surface area contributed by atoms with Gasteiger partial charge >= 0.3 is 0 Å². The van der Waals surface area contributed by atoms with Gasteiger partial charge in [0.05, 0.1) is 22.0 Å². The van der Waals surface area contributed by atoms with Gasteiger partial charge in [0.15, 0.2) is 0 Å². The lowest BCUT2D eigenvalue weighted by atomic mass is 10.2. The van der Waals surface area contributed by atoms with E-state index in [-0.39, 0.29) is 24.4 Å². The van der Waals surface area contributed by atoms with Crippen molar-refractivity contribution in [2.24, 2.45) is 0 Å². The van der Waals surface area contributed by atoms with E-state index in [2.05, 4.69) is 5.32 Å². The summed E-state index contributed by atoms with van der Waals surface area (Å²) in [6.45, 7) is 2.01. The summed E-state index contributed by atoms with van der Waals surface area (Å²) in [6.07, 6.45) is 0. The van der Waals surface area contributed by atoms with Crippen LogP contribution in [0.15, 0.2) is 72.1 Å². The molecule has 0 aliphatic heterocycles. The lowest BCUT2D eigenvalue weighted by molar-refractivity contribution is -0.118. The highest BCUT2D eigenvalue weighted by Gasteiger charge is 2.22. The Morgan fingerprint density at radius 3 is 2.53 bits per heavy atom. The molecule has 1 unspecified atom stereocenters. The van der Waals surface area contributed by atoms with E-state index in [0.29, 0.717) is 10.7 Å². The molecule has 2 amide bonds. The molecule has 0 saturated heterocycles. The normalized spacial score (nSPS) is 11.9. The first-order valence-corrected chi connectivity index (χ1v) is 10.5. The maximum atomic E-state index is 13.0. The third-order valence-corrected chi connectivity index (χ3v) is 5.84. The van der Waals surface area contributed by atoms with Gasteiger partial charge in [0.1, 0.15) is 12.4 Å². The minimum Gasteiger partial charge on any atom is -0.342 e. The third-order valence-electron chi connectivity index (χ3n) is 4.97. The number of anilines is 1. The van der Waals surface area contributed by atoms with Crippen LogP contribution in [0.5, 0.6) is 0 Å². The molecule has 6 nitrogen and oxygen atoms in total. The monoisotopic (exact) mass is 418 g/mol. The number of nitrogens with zero attached hydrogens (tertiary/aromatic N) is 3. The van der Waals surface area contributed by atoms with Crippen molar-refractivity contribution in [1.82, 2.24) is 14.9 Å². The van der Waals surface area contributed by atoms with Gasteiger partial charge in [-0.3, -0.25) is 9.59 Å². The number of rotatable bonds is 6. The fourth-order valence-corrected chi connectivity index (χ4v) is 3.99. The molecular weight excluding hydrogens is 396 g/mol. The number of para-hydroxylation sites is 3. The standard InChI is InChI=1S/C23H22N4O2S/c1-16(24-23(29)20-13-8-14-30-20)22-25-18-11-6-7-12-19(18)27(22)15-21(28)26(2)17-9-4-3-5-10-17/h3-14,16H,15H2,1-2H3,(H,24,29). The van der Waals surface area contributed by atoms with Crippen molar-refractivity contribution in [2.45, 2.75) is 19.5 Å². The summed E-state index contributed by atoms with van der Waals surface area (Å²) in [4.78, 5) is 32.5. The second-order valence-corrected chi connectivity index (χ2v) is 7.95. The zero-order chi connectivity index (χ0) is 21.1. The van der Waals surface area contributed by atoms with Crippen LogP contribution in [0, 0.1) is 0 Å². The van der Waals surface area contributed by atoms with Gasteiger partial charge < -0.3 is 14.8 Å². The van der Waals surface area contributed by atoms with E-state index in [9.17, 15) is 9.59 Å². The van der Waals surface area contributed by atoms with Gasteiger partial charge in [-0.2, -0.15) is 0 Å². The van der Waals surface area contributed by atoms with E-state index in [1.165, 1.54) is 11.3 Å². The fraction of sp³-hybridized carbons (Fsp3) is 0.174. The molecule has 0 saturated carbocycles. The minimum atomic E-state index is -0.359. The van der Waals surface area contributed by atoms with Crippen molar-refractivity contribution in [2.75, 3.05) is 11.9 Å². The zero-order valence-corrected chi connectivity index (χ0v) is 17.6. The fourth-order valence-electron chi connectivity index (χ4n) is 3.37. The lowest BCUT2D eigenvalue weighted by Crippen LogP contribution is -2.32. The Morgan fingerprint density at radius 2 is 1.80 bits per heavy atom. The number of nitrogens with one attached hydrogen (secondary N) is 1. The van der Waals surface area contributed by atoms with E-state index in [0.717, 1.165) is 16.7 Å². The largest absolute Gasteiger partial charge is 0.342 e. The van der Waals surface area contributed by atoms with Crippen LogP contribution in [0.3, 0.4) is 0 Å². The van der Waals surface area contributed by atoms with E-state index in [1.54, 1.807) is 18.0 Å². The van der Waals surface area contributed by atoms with Crippen molar-refractivity contribution >= 4 is 39.9 Å². The number of hydrogen-bond acceptors (Lipinski definition) is 4. The highest BCUT2D eigenvalue weighted by atomic mass is 32.1. The molecule has 152 valence electrons. The molecule has 1 atom stereocenters. The molecule has 0 fully saturated rings. The molecule has 2 heterocycles. The highest BCUT2D eigenvalue weighted by Crippen LogP contribution is 2.22. The van der Waals surface area contributed by atoms with Crippen LogP contribution in [0.4, 0.5) is 5.69 Å². The first-order chi connectivity index (χ1) is 14.5. The number of imidazole rings is 1. The van der Waals surface area contributed by atoms with Gasteiger partial charge in [-0.25, -0.2) is 4.98 Å². The molecule has 4 aromatic rings. The Hall–Kier alpha value is -3.45. The molecule has 2 aromatic heterocycles. The third kappa shape index (κ3) is 3.97. The molecule has 7 heteroatoms. The summed E-state index contributed by atoms with van der Waals surface area (Å²) in [5, 5.41) is 4.87. The molecule has 2 aromatic carbocycles. The lowest BCUT2D eigenvalue weighted by Gasteiger charge is -2.20. The van der Waals surface area contributed by atoms with Crippen LogP contribution < -0.4 is 10.2 Å². The van der Waals surface area contributed by atoms with Crippen LogP contribution in [-0.4, -0.2) is 28.4 Å². The molecular formula is C23H22N4O2S. The Bertz CT molecular complexity index is 1170. The smallest absolute Gasteiger partial charge is 0.261 e. The Labute approximate surface area is 178 Å². The topological polar surface area (TPSA) is 67.2 Å². The SMILES string of the molecule is CC(NC(=O)c1cccs1)c1nc2ccccc2n1CC(=O)N(C)c1ccccc1. The maximum Gasteiger partial charge on any atom is 0.261 e. The van der Waals surface area contributed by atoms with Crippen LogP contribution in [0.1, 0.15) is 28.5 Å². The number of aromatic nitrogens is 2. The zero-order valence-electron chi connectivity index (χ0n) is 16.8. The van der Waals surface area contributed by atoms with E-state index in [1.807, 2.05) is 77.5 Å². The molecule has 0 bridgehead atoms. The van der Waals surface area contributed by atoms with Crippen molar-refractivity contribution in [1.29, 1.82) is 0 Å². The molecule has 0 spiro atoms. The Morgan fingerprint density at radius 1 is 1.07 bits per heavy atom. The molecule has 30 heavy (non-hydrogen) atoms. The van der Waals surface area contributed by atoms with Crippen LogP contribution in [0.25, 0.3) is 11.0 Å². The number of benzene rings is 2. The van der Waals surface area contributed by atoms with Gasteiger partial charge in [-0.05, 0) is 42.6 Å². The first kappa shape index (κ1) is 19.8.